The number of nitrogens with zero attached hydrogens (tertiary/aromatic N) is 3. The monoisotopic (exact) mass is 293 g/mol. The second-order valence-corrected chi connectivity index (χ2v) is 6.87. The van der Waals surface area contributed by atoms with Crippen LogP contribution in [0.25, 0.3) is 11.2 Å². The first kappa shape index (κ1) is 15.3. The number of imidazole rings is 1. The molecule has 0 aliphatic carbocycles. The first-order chi connectivity index (χ1) is 9.35. The third kappa shape index (κ3) is 2.98. The molecule has 20 heavy (non-hydrogen) atoms. The van der Waals surface area contributed by atoms with Gasteiger partial charge in [-0.1, -0.05) is 27.7 Å². The van der Waals surface area contributed by atoms with Gasteiger partial charge in [0.15, 0.2) is 5.65 Å². The Morgan fingerprint density at radius 3 is 2.55 bits per heavy atom. The van der Waals surface area contributed by atoms with Gasteiger partial charge in [-0.25, -0.2) is 9.97 Å². The molecule has 0 aliphatic rings. The smallest absolute Gasteiger partial charge is 0.160 e. The van der Waals surface area contributed by atoms with Crippen LogP contribution < -0.4 is 0 Å². The Morgan fingerprint density at radius 2 is 1.95 bits per heavy atom. The molecule has 0 amide bonds. The molecule has 0 aromatic carbocycles. The maximum atomic E-state index is 5.93. The fraction of sp³-hybridized carbons (Fsp3) is 0.625. The van der Waals surface area contributed by atoms with Gasteiger partial charge in [-0.15, -0.1) is 11.6 Å². The summed E-state index contributed by atoms with van der Waals surface area (Å²) in [6.45, 7) is 12.1. The highest BCUT2D eigenvalue weighted by Gasteiger charge is 2.25. The van der Waals surface area contributed by atoms with Crippen molar-refractivity contribution in [3.05, 3.63) is 23.7 Å². The molecule has 0 unspecified atom stereocenters. The molecule has 0 spiro atoms. The SMILES string of the molecule is Cc1ccc2nc(CCCl)n(CC(C)(C)C(C)C)c2n1. The number of aromatic nitrogens is 3. The van der Waals surface area contributed by atoms with E-state index in [2.05, 4.69) is 37.2 Å². The lowest BCUT2D eigenvalue weighted by atomic mass is 9.81. The molecular weight excluding hydrogens is 270 g/mol. The number of halogens is 1. The van der Waals surface area contributed by atoms with E-state index in [0.29, 0.717) is 11.8 Å². The number of alkyl halides is 1. The molecule has 2 rings (SSSR count). The molecule has 0 fully saturated rings. The van der Waals surface area contributed by atoms with Gasteiger partial charge in [-0.05, 0) is 30.4 Å². The summed E-state index contributed by atoms with van der Waals surface area (Å²) in [7, 11) is 0. The summed E-state index contributed by atoms with van der Waals surface area (Å²) in [5.41, 5.74) is 3.17. The fourth-order valence-electron chi connectivity index (χ4n) is 2.17. The molecular formula is C16H24ClN3. The third-order valence-electron chi connectivity index (χ3n) is 4.26. The lowest BCUT2D eigenvalue weighted by molar-refractivity contribution is 0.210. The summed E-state index contributed by atoms with van der Waals surface area (Å²) in [4.78, 5) is 9.38. The van der Waals surface area contributed by atoms with Gasteiger partial charge in [0.25, 0.3) is 0 Å². The van der Waals surface area contributed by atoms with E-state index in [0.717, 1.165) is 35.6 Å². The zero-order chi connectivity index (χ0) is 14.9. The van der Waals surface area contributed by atoms with Crippen LogP contribution in [0, 0.1) is 18.3 Å². The zero-order valence-corrected chi connectivity index (χ0v) is 13.8. The minimum absolute atomic E-state index is 0.195. The van der Waals surface area contributed by atoms with Gasteiger partial charge < -0.3 is 4.57 Å². The number of hydrogen-bond acceptors (Lipinski definition) is 2. The topological polar surface area (TPSA) is 30.7 Å². The van der Waals surface area contributed by atoms with E-state index >= 15 is 0 Å². The predicted octanol–water partition coefficient (Wildman–Crippen LogP) is 4.20. The predicted molar refractivity (Wildman–Crippen MR) is 85.3 cm³/mol. The minimum atomic E-state index is 0.195. The van der Waals surface area contributed by atoms with Gasteiger partial charge in [-0.3, -0.25) is 0 Å². The Bertz CT molecular complexity index is 599. The molecule has 0 atom stereocenters. The molecule has 0 bridgehead atoms. The lowest BCUT2D eigenvalue weighted by Crippen LogP contribution is -2.26. The zero-order valence-electron chi connectivity index (χ0n) is 13.1. The number of aryl methyl sites for hydroxylation is 2. The second-order valence-electron chi connectivity index (χ2n) is 6.49. The average Bonchev–Trinajstić information content (AvgIpc) is 2.67. The van der Waals surface area contributed by atoms with Crippen molar-refractivity contribution in [1.82, 2.24) is 14.5 Å². The van der Waals surface area contributed by atoms with Crippen LogP contribution in [0.4, 0.5) is 0 Å². The Kier molecular flexibility index (Phi) is 4.38. The van der Waals surface area contributed by atoms with Crippen molar-refractivity contribution in [2.24, 2.45) is 11.3 Å². The van der Waals surface area contributed by atoms with Crippen LogP contribution in [0.5, 0.6) is 0 Å². The van der Waals surface area contributed by atoms with E-state index in [1.54, 1.807) is 0 Å². The molecule has 3 nitrogen and oxygen atoms in total. The van der Waals surface area contributed by atoms with E-state index in [9.17, 15) is 0 Å². The molecule has 0 aliphatic heterocycles. The number of hydrogen-bond donors (Lipinski definition) is 0. The van der Waals surface area contributed by atoms with Gasteiger partial charge in [0.1, 0.15) is 11.3 Å². The van der Waals surface area contributed by atoms with Crippen LogP contribution >= 0.6 is 11.6 Å². The van der Waals surface area contributed by atoms with Gasteiger partial charge in [0, 0.05) is 24.5 Å². The first-order valence-corrected chi connectivity index (χ1v) is 7.77. The molecule has 0 N–H and O–H groups in total. The molecule has 0 saturated carbocycles. The summed E-state index contributed by atoms with van der Waals surface area (Å²) in [5.74, 6) is 2.22. The van der Waals surface area contributed by atoms with E-state index in [1.807, 2.05) is 19.1 Å². The summed E-state index contributed by atoms with van der Waals surface area (Å²) in [5, 5.41) is 0. The fourth-order valence-corrected chi connectivity index (χ4v) is 2.34. The van der Waals surface area contributed by atoms with Crippen LogP contribution in [0.2, 0.25) is 0 Å². The van der Waals surface area contributed by atoms with E-state index < -0.39 is 0 Å². The molecule has 110 valence electrons. The van der Waals surface area contributed by atoms with Gasteiger partial charge in [-0.2, -0.15) is 0 Å². The van der Waals surface area contributed by atoms with Crippen molar-refractivity contribution in [2.45, 2.75) is 47.6 Å². The van der Waals surface area contributed by atoms with Gasteiger partial charge >= 0.3 is 0 Å². The third-order valence-corrected chi connectivity index (χ3v) is 4.45. The highest BCUT2D eigenvalue weighted by molar-refractivity contribution is 6.17. The second kappa shape index (κ2) is 5.72. The summed E-state index contributed by atoms with van der Waals surface area (Å²) < 4.78 is 2.25. The van der Waals surface area contributed by atoms with Crippen molar-refractivity contribution >= 4 is 22.8 Å². The largest absolute Gasteiger partial charge is 0.312 e. The molecule has 2 heterocycles. The normalized spacial score (nSPS) is 12.6. The molecule has 4 heteroatoms. The minimum Gasteiger partial charge on any atom is -0.312 e. The standard InChI is InChI=1S/C16H24ClN3/c1-11(2)16(4,5)10-20-14(8-9-17)19-13-7-6-12(3)18-15(13)20/h6-7,11H,8-10H2,1-5H3. The van der Waals surface area contributed by atoms with Crippen LogP contribution in [-0.4, -0.2) is 20.4 Å². The number of pyridine rings is 1. The molecule has 2 aromatic rings. The Morgan fingerprint density at radius 1 is 1.25 bits per heavy atom. The number of fused-ring (bicyclic) bond motifs is 1. The van der Waals surface area contributed by atoms with Crippen molar-refractivity contribution in [3.8, 4) is 0 Å². The van der Waals surface area contributed by atoms with Gasteiger partial charge in [0.05, 0.1) is 0 Å². The maximum Gasteiger partial charge on any atom is 0.160 e. The molecule has 2 aromatic heterocycles. The van der Waals surface area contributed by atoms with Crippen molar-refractivity contribution < 1.29 is 0 Å². The quantitative estimate of drug-likeness (QED) is 0.773. The van der Waals surface area contributed by atoms with Crippen LogP contribution in [-0.2, 0) is 13.0 Å². The van der Waals surface area contributed by atoms with Crippen LogP contribution in [0.15, 0.2) is 12.1 Å². The Hall–Kier alpha value is -1.09. The van der Waals surface area contributed by atoms with Gasteiger partial charge in [0.2, 0.25) is 0 Å². The summed E-state index contributed by atoms with van der Waals surface area (Å²) >= 11 is 5.93. The molecule has 0 saturated heterocycles. The van der Waals surface area contributed by atoms with E-state index in [-0.39, 0.29) is 5.41 Å². The van der Waals surface area contributed by atoms with Crippen molar-refractivity contribution in [1.29, 1.82) is 0 Å². The maximum absolute atomic E-state index is 5.93. The highest BCUT2D eigenvalue weighted by atomic mass is 35.5. The van der Waals surface area contributed by atoms with Crippen LogP contribution in [0.1, 0.15) is 39.2 Å². The van der Waals surface area contributed by atoms with E-state index in [1.165, 1.54) is 0 Å². The highest BCUT2D eigenvalue weighted by Crippen LogP contribution is 2.30. The first-order valence-electron chi connectivity index (χ1n) is 7.24. The van der Waals surface area contributed by atoms with E-state index in [4.69, 9.17) is 16.6 Å². The van der Waals surface area contributed by atoms with Crippen LogP contribution in [0.3, 0.4) is 0 Å². The summed E-state index contributed by atoms with van der Waals surface area (Å²) in [6.07, 6.45) is 0.783. The summed E-state index contributed by atoms with van der Waals surface area (Å²) in [6, 6.07) is 4.06. The van der Waals surface area contributed by atoms with Crippen molar-refractivity contribution in [2.75, 3.05) is 5.88 Å². The van der Waals surface area contributed by atoms with Crippen molar-refractivity contribution in [3.63, 3.8) is 0 Å². The number of rotatable bonds is 5. The Labute approximate surface area is 126 Å². The lowest BCUT2D eigenvalue weighted by Gasteiger charge is -2.30. The Balaban J connectivity index is 2.53. The molecule has 0 radical (unpaired) electrons. The average molecular weight is 294 g/mol.